The Bertz CT molecular complexity index is 1020. The molecular formula is C27H34ClNO5. The number of aromatic hydroxyl groups is 1. The van der Waals surface area contributed by atoms with E-state index in [9.17, 15) is 19.8 Å². The monoisotopic (exact) mass is 487 g/mol. The first-order valence-corrected chi connectivity index (χ1v) is 12.7. The van der Waals surface area contributed by atoms with E-state index in [0.29, 0.717) is 24.6 Å². The number of aliphatic hydroxyl groups is 1. The predicted octanol–water partition coefficient (Wildman–Crippen LogP) is 4.73. The maximum absolute atomic E-state index is 13.1. The third kappa shape index (κ3) is 4.68. The normalized spacial score (nSPS) is 26.9. The quantitative estimate of drug-likeness (QED) is 0.388. The van der Waals surface area contributed by atoms with E-state index in [0.717, 1.165) is 48.8 Å². The van der Waals surface area contributed by atoms with E-state index in [1.54, 1.807) is 12.1 Å². The zero-order valence-corrected chi connectivity index (χ0v) is 20.7. The van der Waals surface area contributed by atoms with Gasteiger partial charge in [0, 0.05) is 12.5 Å². The summed E-state index contributed by atoms with van der Waals surface area (Å²) < 4.78 is 6.20. The molecule has 0 unspecified atom stereocenters. The minimum absolute atomic E-state index is 0.0749. The highest BCUT2D eigenvalue weighted by Gasteiger charge is 2.56. The number of amides is 2. The third-order valence-corrected chi connectivity index (χ3v) is 7.71. The van der Waals surface area contributed by atoms with E-state index >= 15 is 0 Å². The molecule has 4 atom stereocenters. The molecule has 2 fully saturated rings. The van der Waals surface area contributed by atoms with Gasteiger partial charge in [-0.1, -0.05) is 43.5 Å². The first kappa shape index (κ1) is 25.0. The fraction of sp³-hybridized carbons (Fsp3) is 0.556. The van der Waals surface area contributed by atoms with E-state index in [2.05, 4.69) is 13.0 Å². The Morgan fingerprint density at radius 3 is 2.65 bits per heavy atom. The van der Waals surface area contributed by atoms with Crippen LogP contribution in [0.3, 0.4) is 0 Å². The Kier molecular flexibility index (Phi) is 7.80. The van der Waals surface area contributed by atoms with E-state index in [1.807, 2.05) is 13.0 Å². The lowest BCUT2D eigenvalue weighted by atomic mass is 9.69. The summed E-state index contributed by atoms with van der Waals surface area (Å²) >= 11 is 6.31. The highest BCUT2D eigenvalue weighted by molar-refractivity contribution is 6.32. The molecule has 3 aliphatic rings. The van der Waals surface area contributed by atoms with Crippen molar-refractivity contribution < 1.29 is 24.5 Å². The summed E-state index contributed by atoms with van der Waals surface area (Å²) in [5.41, 5.74) is 4.02. The zero-order chi connectivity index (χ0) is 24.4. The minimum Gasteiger partial charge on any atom is -0.508 e. The number of phenols is 1. The average Bonchev–Trinajstić information content (AvgIpc) is 3.34. The molecule has 1 aromatic rings. The van der Waals surface area contributed by atoms with Crippen molar-refractivity contribution in [3.63, 3.8) is 0 Å². The second-order valence-electron chi connectivity index (χ2n) is 9.61. The molecule has 2 aliphatic heterocycles. The van der Waals surface area contributed by atoms with Crippen molar-refractivity contribution in [2.45, 2.75) is 58.5 Å². The van der Waals surface area contributed by atoms with Crippen LogP contribution >= 0.6 is 11.6 Å². The zero-order valence-electron chi connectivity index (χ0n) is 19.9. The van der Waals surface area contributed by atoms with Gasteiger partial charge in [-0.15, -0.1) is 0 Å². The molecule has 2 amide bonds. The van der Waals surface area contributed by atoms with Crippen molar-refractivity contribution >= 4 is 29.5 Å². The second-order valence-corrected chi connectivity index (χ2v) is 10.0. The Morgan fingerprint density at radius 2 is 1.97 bits per heavy atom. The summed E-state index contributed by atoms with van der Waals surface area (Å²) in [6.07, 6.45) is 6.56. The minimum atomic E-state index is -0.371. The summed E-state index contributed by atoms with van der Waals surface area (Å²) in [4.78, 5) is 27.4. The number of imide groups is 1. The number of benzene rings is 1. The number of carbonyl (C=O) groups excluding carboxylic acids is 2. The third-order valence-electron chi connectivity index (χ3n) is 7.38. The first-order valence-electron chi connectivity index (χ1n) is 12.4. The van der Waals surface area contributed by atoms with Gasteiger partial charge in [0.25, 0.3) is 0 Å². The Balaban J connectivity index is 1.54. The van der Waals surface area contributed by atoms with Crippen LogP contribution in [0, 0.1) is 17.8 Å². The number of aliphatic hydroxyl groups excluding tert-OH is 1. The number of rotatable bonds is 9. The molecule has 0 spiro atoms. The molecule has 7 heteroatoms. The van der Waals surface area contributed by atoms with Crippen LogP contribution < -0.4 is 0 Å². The van der Waals surface area contributed by atoms with Gasteiger partial charge in [0.2, 0.25) is 11.8 Å². The summed E-state index contributed by atoms with van der Waals surface area (Å²) in [5, 5.41) is 20.3. The summed E-state index contributed by atoms with van der Waals surface area (Å²) in [7, 11) is 0. The molecule has 184 valence electrons. The van der Waals surface area contributed by atoms with Crippen molar-refractivity contribution in [2.24, 2.45) is 17.8 Å². The molecule has 1 aromatic carbocycles. The van der Waals surface area contributed by atoms with Gasteiger partial charge in [-0.2, -0.15) is 0 Å². The van der Waals surface area contributed by atoms with Crippen molar-refractivity contribution in [2.75, 3.05) is 19.8 Å². The molecule has 2 heterocycles. The van der Waals surface area contributed by atoms with Crippen molar-refractivity contribution in [1.82, 2.24) is 4.90 Å². The van der Waals surface area contributed by atoms with Gasteiger partial charge in [0.1, 0.15) is 5.75 Å². The van der Waals surface area contributed by atoms with Crippen LogP contribution in [0.5, 0.6) is 5.75 Å². The number of hydrogen-bond donors (Lipinski definition) is 2. The van der Waals surface area contributed by atoms with E-state index in [-0.39, 0.29) is 48.0 Å². The number of halogens is 1. The van der Waals surface area contributed by atoms with Crippen LogP contribution in [-0.2, 0) is 14.3 Å². The molecule has 4 rings (SSSR count). The highest BCUT2D eigenvalue weighted by Crippen LogP contribution is 2.49. The lowest BCUT2D eigenvalue weighted by molar-refractivity contribution is -0.140. The lowest BCUT2D eigenvalue weighted by Gasteiger charge is -2.31. The van der Waals surface area contributed by atoms with Crippen molar-refractivity contribution in [1.29, 1.82) is 0 Å². The SMILES string of the molecule is CCC/C(=C\c1ccc(O)cc1Cl)CC[C@H]1OC[C@H]2C1=C(CO)C[C@H]1C(=O)N(CCC)C(=O)[C@H]12. The van der Waals surface area contributed by atoms with Crippen LogP contribution in [0.1, 0.15) is 57.9 Å². The molecule has 0 radical (unpaired) electrons. The Morgan fingerprint density at radius 1 is 1.18 bits per heavy atom. The van der Waals surface area contributed by atoms with Gasteiger partial charge in [0.15, 0.2) is 0 Å². The maximum atomic E-state index is 13.1. The van der Waals surface area contributed by atoms with E-state index in [4.69, 9.17) is 16.3 Å². The average molecular weight is 488 g/mol. The van der Waals surface area contributed by atoms with E-state index in [1.165, 1.54) is 10.5 Å². The fourth-order valence-electron chi connectivity index (χ4n) is 5.89. The van der Waals surface area contributed by atoms with Crippen molar-refractivity contribution in [3.8, 4) is 5.75 Å². The number of fused-ring (bicyclic) bond motifs is 3. The van der Waals surface area contributed by atoms with Crippen LogP contribution in [0.2, 0.25) is 5.02 Å². The molecule has 0 bridgehead atoms. The van der Waals surface area contributed by atoms with Gasteiger partial charge >= 0.3 is 0 Å². The molecule has 2 N–H and O–H groups in total. The van der Waals surface area contributed by atoms with Crippen LogP contribution in [0.25, 0.3) is 6.08 Å². The summed E-state index contributed by atoms with van der Waals surface area (Å²) in [5.74, 6) is -0.894. The predicted molar refractivity (Wildman–Crippen MR) is 131 cm³/mol. The molecule has 6 nitrogen and oxygen atoms in total. The second kappa shape index (κ2) is 10.6. The van der Waals surface area contributed by atoms with Crippen LogP contribution in [-0.4, -0.2) is 52.8 Å². The Hall–Kier alpha value is -2.15. The van der Waals surface area contributed by atoms with Gasteiger partial charge in [-0.05, 0) is 67.0 Å². The number of hydrogen-bond acceptors (Lipinski definition) is 5. The molecule has 0 aromatic heterocycles. The number of phenolic OH excluding ortho intramolecular Hbond substituents is 1. The van der Waals surface area contributed by atoms with Gasteiger partial charge in [-0.3, -0.25) is 14.5 Å². The standard InChI is InChI=1S/C27H34ClNO5/c1-3-5-16(11-17-7-8-19(31)13-22(17)28)6-9-23-24-18(14-30)12-20-25(21(24)15-34-23)27(33)29(10-4-2)26(20)32/h7-8,11,13,20-21,23,25,30-31H,3-6,9-10,12,14-15H2,1-2H3/b16-11+/t20-,21+,23-,25-/m1/s1. The molecular weight excluding hydrogens is 454 g/mol. The Labute approximate surface area is 206 Å². The first-order chi connectivity index (χ1) is 16.4. The highest BCUT2D eigenvalue weighted by atomic mass is 35.5. The van der Waals surface area contributed by atoms with E-state index < -0.39 is 0 Å². The van der Waals surface area contributed by atoms with Gasteiger partial charge in [0.05, 0.1) is 36.2 Å². The topological polar surface area (TPSA) is 87.1 Å². The molecule has 2 saturated heterocycles. The fourth-order valence-corrected chi connectivity index (χ4v) is 6.12. The summed E-state index contributed by atoms with van der Waals surface area (Å²) in [6.45, 7) is 4.86. The van der Waals surface area contributed by atoms with Crippen LogP contribution in [0.15, 0.2) is 34.9 Å². The number of carbonyl (C=O) groups is 2. The molecule has 0 saturated carbocycles. The maximum Gasteiger partial charge on any atom is 0.233 e. The van der Waals surface area contributed by atoms with Crippen molar-refractivity contribution in [3.05, 3.63) is 45.5 Å². The molecule has 1 aliphatic carbocycles. The lowest BCUT2D eigenvalue weighted by Crippen LogP contribution is -2.35. The number of nitrogens with zero attached hydrogens (tertiary/aromatic N) is 1. The number of likely N-dealkylation sites (tertiary alicyclic amines) is 1. The number of ether oxygens (including phenoxy) is 1. The van der Waals surface area contributed by atoms with Gasteiger partial charge in [-0.25, -0.2) is 0 Å². The largest absolute Gasteiger partial charge is 0.508 e. The molecule has 34 heavy (non-hydrogen) atoms. The smallest absolute Gasteiger partial charge is 0.233 e. The number of allylic oxidation sites excluding steroid dienone is 1. The van der Waals surface area contributed by atoms with Crippen LogP contribution in [0.4, 0.5) is 0 Å². The summed E-state index contributed by atoms with van der Waals surface area (Å²) in [6, 6.07) is 4.98. The van der Waals surface area contributed by atoms with Gasteiger partial charge < -0.3 is 14.9 Å².